The Balaban J connectivity index is 1.59. The van der Waals surface area contributed by atoms with Gasteiger partial charge in [0.05, 0.1) is 29.3 Å². The number of hydrogen-bond acceptors (Lipinski definition) is 10. The van der Waals surface area contributed by atoms with Gasteiger partial charge in [-0.05, 0) is 25.8 Å². The number of hydrogen-bond donors (Lipinski definition) is 2. The largest absolute Gasteiger partial charge is 0.421 e. The number of aromatic nitrogens is 6. The molecule has 0 radical (unpaired) electrons. The smallest absolute Gasteiger partial charge is 0.324 e. The first-order valence-electron chi connectivity index (χ1n) is 10.0. The summed E-state index contributed by atoms with van der Waals surface area (Å²) in [5, 5.41) is 3.15. The van der Waals surface area contributed by atoms with Gasteiger partial charge in [-0.2, -0.15) is 9.97 Å². The maximum absolute atomic E-state index is 5.92. The second kappa shape index (κ2) is 7.45. The molecule has 1 atom stereocenters. The summed E-state index contributed by atoms with van der Waals surface area (Å²) in [6, 6.07) is 0.277. The lowest BCUT2D eigenvalue weighted by Gasteiger charge is -2.21. The van der Waals surface area contributed by atoms with Crippen LogP contribution < -0.4 is 20.7 Å². The number of aryl methyl sites for hydroxylation is 1. The molecule has 0 spiro atoms. The zero-order chi connectivity index (χ0) is 20.7. The molecule has 4 heterocycles. The second-order valence-electron chi connectivity index (χ2n) is 7.53. The summed E-state index contributed by atoms with van der Waals surface area (Å²) in [5.74, 6) is 3.26. The van der Waals surface area contributed by atoms with Gasteiger partial charge >= 0.3 is 6.01 Å². The molecule has 1 saturated heterocycles. The van der Waals surface area contributed by atoms with Gasteiger partial charge in [0.25, 0.3) is 0 Å². The van der Waals surface area contributed by atoms with Crippen LogP contribution in [0.2, 0.25) is 0 Å². The van der Waals surface area contributed by atoms with Crippen LogP contribution in [0.1, 0.15) is 23.5 Å². The summed E-state index contributed by atoms with van der Waals surface area (Å²) in [6.45, 7) is 4.23. The van der Waals surface area contributed by atoms with Crippen LogP contribution in [0.5, 0.6) is 11.8 Å². The van der Waals surface area contributed by atoms with Gasteiger partial charge in [0, 0.05) is 32.1 Å². The van der Waals surface area contributed by atoms with E-state index in [1.54, 1.807) is 18.7 Å². The SMILES string of the molecule is CNc1ncnc2c1Cc1nc(Oc3cnc(C)nc3)nc(N3CCC(CN)C3)c1-2. The normalized spacial score (nSPS) is 17.0. The average molecular weight is 405 g/mol. The lowest BCUT2D eigenvalue weighted by molar-refractivity contribution is 0.435. The van der Waals surface area contributed by atoms with E-state index in [9.17, 15) is 0 Å². The number of nitrogens with two attached hydrogens (primary N) is 1. The fourth-order valence-corrected chi connectivity index (χ4v) is 4.05. The molecule has 5 rings (SSSR count). The molecule has 1 aliphatic heterocycles. The third kappa shape index (κ3) is 3.18. The Kier molecular flexibility index (Phi) is 4.62. The highest BCUT2D eigenvalue weighted by Gasteiger charge is 2.33. The van der Waals surface area contributed by atoms with E-state index in [1.165, 1.54) is 0 Å². The molecule has 1 aliphatic carbocycles. The minimum atomic E-state index is 0.277. The maximum atomic E-state index is 5.92. The topological polar surface area (TPSA) is 128 Å². The van der Waals surface area contributed by atoms with E-state index in [1.807, 2.05) is 14.0 Å². The van der Waals surface area contributed by atoms with Crippen molar-refractivity contribution in [1.29, 1.82) is 0 Å². The Morgan fingerprint density at radius 3 is 2.77 bits per heavy atom. The Morgan fingerprint density at radius 2 is 2.03 bits per heavy atom. The van der Waals surface area contributed by atoms with Crippen LogP contribution in [0.4, 0.5) is 11.6 Å². The fourth-order valence-electron chi connectivity index (χ4n) is 4.05. The van der Waals surface area contributed by atoms with Crippen LogP contribution in [-0.4, -0.2) is 56.6 Å². The molecular weight excluding hydrogens is 382 g/mol. The Hall–Kier alpha value is -3.40. The second-order valence-corrected chi connectivity index (χ2v) is 7.53. The minimum absolute atomic E-state index is 0.277. The molecule has 2 aliphatic rings. The van der Waals surface area contributed by atoms with Crippen molar-refractivity contribution in [3.05, 3.63) is 35.8 Å². The fraction of sp³-hybridized carbons (Fsp3) is 0.400. The van der Waals surface area contributed by atoms with E-state index in [0.717, 1.165) is 53.7 Å². The van der Waals surface area contributed by atoms with Crippen LogP contribution in [0.3, 0.4) is 0 Å². The Morgan fingerprint density at radius 1 is 1.20 bits per heavy atom. The van der Waals surface area contributed by atoms with Crippen molar-refractivity contribution in [2.75, 3.05) is 36.9 Å². The Labute approximate surface area is 174 Å². The van der Waals surface area contributed by atoms with Crippen molar-refractivity contribution in [1.82, 2.24) is 29.9 Å². The highest BCUT2D eigenvalue weighted by atomic mass is 16.5. The molecule has 1 fully saturated rings. The number of ether oxygens (including phenoxy) is 1. The van der Waals surface area contributed by atoms with Gasteiger partial charge in [0.1, 0.15) is 23.8 Å². The van der Waals surface area contributed by atoms with Crippen LogP contribution in [0, 0.1) is 12.8 Å². The van der Waals surface area contributed by atoms with Gasteiger partial charge in [0.2, 0.25) is 0 Å². The highest BCUT2D eigenvalue weighted by Crippen LogP contribution is 2.43. The van der Waals surface area contributed by atoms with Crippen molar-refractivity contribution in [3.63, 3.8) is 0 Å². The molecule has 3 aromatic rings. The van der Waals surface area contributed by atoms with E-state index in [-0.39, 0.29) is 6.01 Å². The molecule has 0 aromatic carbocycles. The van der Waals surface area contributed by atoms with E-state index in [4.69, 9.17) is 20.4 Å². The average Bonchev–Trinajstić information content (AvgIpc) is 3.39. The first-order valence-corrected chi connectivity index (χ1v) is 10.0. The van der Waals surface area contributed by atoms with Gasteiger partial charge in [0.15, 0.2) is 5.75 Å². The predicted molar refractivity (Wildman–Crippen MR) is 112 cm³/mol. The van der Waals surface area contributed by atoms with E-state index in [0.29, 0.717) is 30.5 Å². The van der Waals surface area contributed by atoms with Gasteiger partial charge in [-0.15, -0.1) is 0 Å². The van der Waals surface area contributed by atoms with E-state index < -0.39 is 0 Å². The molecule has 0 bridgehead atoms. The van der Waals surface area contributed by atoms with Gasteiger partial charge in [-0.25, -0.2) is 19.9 Å². The first-order chi connectivity index (χ1) is 14.7. The lowest BCUT2D eigenvalue weighted by atomic mass is 10.1. The maximum Gasteiger partial charge on any atom is 0.324 e. The van der Waals surface area contributed by atoms with E-state index in [2.05, 4.69) is 30.2 Å². The molecule has 0 amide bonds. The van der Waals surface area contributed by atoms with Crippen LogP contribution in [-0.2, 0) is 6.42 Å². The summed E-state index contributed by atoms with van der Waals surface area (Å²) >= 11 is 0. The molecule has 3 N–H and O–H groups in total. The number of rotatable bonds is 5. The number of nitrogens with one attached hydrogen (secondary N) is 1. The van der Waals surface area contributed by atoms with Gasteiger partial charge in [-0.3, -0.25) is 0 Å². The third-order valence-electron chi connectivity index (χ3n) is 5.59. The van der Waals surface area contributed by atoms with Crippen molar-refractivity contribution >= 4 is 11.6 Å². The molecular formula is C20H23N9O. The minimum Gasteiger partial charge on any atom is -0.421 e. The van der Waals surface area contributed by atoms with Gasteiger partial charge in [-0.1, -0.05) is 0 Å². The molecule has 154 valence electrons. The van der Waals surface area contributed by atoms with Crippen molar-refractivity contribution in [2.45, 2.75) is 19.8 Å². The summed E-state index contributed by atoms with van der Waals surface area (Å²) in [6.07, 6.45) is 6.47. The number of fused-ring (bicyclic) bond motifs is 3. The third-order valence-corrected chi connectivity index (χ3v) is 5.59. The van der Waals surface area contributed by atoms with Crippen molar-refractivity contribution in [3.8, 4) is 23.0 Å². The lowest BCUT2D eigenvalue weighted by Crippen LogP contribution is -2.24. The van der Waals surface area contributed by atoms with E-state index >= 15 is 0 Å². The molecule has 30 heavy (non-hydrogen) atoms. The summed E-state index contributed by atoms with van der Waals surface area (Å²) in [7, 11) is 1.86. The van der Waals surface area contributed by atoms with Crippen LogP contribution in [0.15, 0.2) is 18.7 Å². The Bertz CT molecular complexity index is 1090. The van der Waals surface area contributed by atoms with Crippen LogP contribution in [0.25, 0.3) is 11.3 Å². The van der Waals surface area contributed by atoms with Gasteiger partial charge < -0.3 is 20.7 Å². The summed E-state index contributed by atoms with van der Waals surface area (Å²) in [5.41, 5.74) is 9.65. The zero-order valence-electron chi connectivity index (χ0n) is 17.0. The molecule has 10 nitrogen and oxygen atoms in total. The summed E-state index contributed by atoms with van der Waals surface area (Å²) < 4.78 is 5.92. The molecule has 10 heteroatoms. The molecule has 1 unspecified atom stereocenters. The molecule has 0 saturated carbocycles. The molecule has 3 aromatic heterocycles. The number of nitrogens with zero attached hydrogens (tertiary/aromatic N) is 7. The van der Waals surface area contributed by atoms with Crippen molar-refractivity contribution in [2.24, 2.45) is 11.7 Å². The highest BCUT2D eigenvalue weighted by molar-refractivity contribution is 5.84. The monoisotopic (exact) mass is 405 g/mol. The first kappa shape index (κ1) is 18.6. The zero-order valence-corrected chi connectivity index (χ0v) is 17.0. The standard InChI is InChI=1S/C20H23N9O/c1-11-23-7-13(8-24-11)30-20-27-15-5-14-17(25-10-26-18(14)22-2)16(15)19(28-20)29-4-3-12(6-21)9-29/h7-8,10,12H,3-6,9,21H2,1-2H3,(H,22,25,26). The predicted octanol–water partition coefficient (Wildman–Crippen LogP) is 1.56. The number of anilines is 2. The summed E-state index contributed by atoms with van der Waals surface area (Å²) in [4.78, 5) is 29.0. The quantitative estimate of drug-likeness (QED) is 0.505. The van der Waals surface area contributed by atoms with Crippen molar-refractivity contribution < 1.29 is 4.74 Å². The van der Waals surface area contributed by atoms with Crippen LogP contribution >= 0.6 is 0 Å².